The third kappa shape index (κ3) is 2.85. The molecule has 5 nitrogen and oxygen atoms in total. The molecule has 0 saturated carbocycles. The second-order valence-electron chi connectivity index (χ2n) is 4.98. The fraction of sp³-hybridized carbons (Fsp3) is 0.667. The minimum absolute atomic E-state index is 0.158. The molecule has 0 bridgehead atoms. The van der Waals surface area contributed by atoms with Gasteiger partial charge >= 0.3 is 0 Å². The number of nitrogens with zero attached hydrogens (tertiary/aromatic N) is 2. The molecular formula is C12H20N4O. The van der Waals surface area contributed by atoms with E-state index in [-0.39, 0.29) is 11.5 Å². The number of hydrogen-bond acceptors (Lipinski definition) is 4. The highest BCUT2D eigenvalue weighted by Crippen LogP contribution is 2.26. The molecule has 1 fully saturated rings. The quantitative estimate of drug-likeness (QED) is 0.801. The molecule has 0 spiro atoms. The average Bonchev–Trinajstić information content (AvgIpc) is 2.28. The van der Waals surface area contributed by atoms with Gasteiger partial charge in [0.25, 0.3) is 5.56 Å². The second-order valence-corrected chi connectivity index (χ2v) is 4.98. The van der Waals surface area contributed by atoms with Crippen molar-refractivity contribution in [2.75, 3.05) is 18.8 Å². The molecule has 5 heteroatoms. The van der Waals surface area contributed by atoms with E-state index in [4.69, 9.17) is 5.73 Å². The molecule has 3 N–H and O–H groups in total. The lowest BCUT2D eigenvalue weighted by Crippen LogP contribution is -2.39. The molecule has 0 aliphatic carbocycles. The first kappa shape index (κ1) is 12.1. The zero-order valence-corrected chi connectivity index (χ0v) is 10.4. The van der Waals surface area contributed by atoms with Gasteiger partial charge in [-0.15, -0.1) is 0 Å². The summed E-state index contributed by atoms with van der Waals surface area (Å²) in [5.41, 5.74) is 6.25. The van der Waals surface area contributed by atoms with Crippen LogP contribution in [0.2, 0.25) is 0 Å². The van der Waals surface area contributed by atoms with Crippen LogP contribution < -0.4 is 11.3 Å². The number of likely N-dealkylation sites (tertiary alicyclic amines) is 1. The molecule has 2 heterocycles. The monoisotopic (exact) mass is 236 g/mol. The van der Waals surface area contributed by atoms with Crippen LogP contribution in [0.5, 0.6) is 0 Å². The number of hydrogen-bond donors (Lipinski definition) is 2. The van der Waals surface area contributed by atoms with Crippen molar-refractivity contribution < 1.29 is 0 Å². The topological polar surface area (TPSA) is 75.0 Å². The van der Waals surface area contributed by atoms with E-state index in [0.717, 1.165) is 31.6 Å². The molecule has 2 rings (SSSR count). The Morgan fingerprint density at radius 2 is 2.35 bits per heavy atom. The van der Waals surface area contributed by atoms with E-state index in [1.165, 1.54) is 0 Å². The Morgan fingerprint density at radius 3 is 3.00 bits per heavy atom. The third-order valence-corrected chi connectivity index (χ3v) is 3.38. The van der Waals surface area contributed by atoms with Gasteiger partial charge in [0.15, 0.2) is 0 Å². The first-order valence-corrected chi connectivity index (χ1v) is 6.17. The average molecular weight is 236 g/mol. The van der Waals surface area contributed by atoms with Crippen LogP contribution in [0.3, 0.4) is 0 Å². The molecule has 1 aliphatic rings. The SMILES string of the molecule is CC(C)N1CCC[C@@H](c2cc(=O)[nH]c(N)n2)C1. The third-order valence-electron chi connectivity index (χ3n) is 3.38. The van der Waals surface area contributed by atoms with Gasteiger partial charge in [-0.25, -0.2) is 4.98 Å². The molecule has 94 valence electrons. The number of rotatable bonds is 2. The number of aromatic amines is 1. The number of anilines is 1. The molecular weight excluding hydrogens is 216 g/mol. The van der Waals surface area contributed by atoms with Crippen molar-refractivity contribution in [1.82, 2.24) is 14.9 Å². The Hall–Kier alpha value is -1.36. The van der Waals surface area contributed by atoms with Crippen molar-refractivity contribution in [2.24, 2.45) is 0 Å². The van der Waals surface area contributed by atoms with Crippen molar-refractivity contribution in [1.29, 1.82) is 0 Å². The van der Waals surface area contributed by atoms with E-state index in [2.05, 4.69) is 28.7 Å². The summed E-state index contributed by atoms with van der Waals surface area (Å²) < 4.78 is 0. The first-order valence-electron chi connectivity index (χ1n) is 6.17. The maximum absolute atomic E-state index is 11.4. The number of nitrogens with two attached hydrogens (primary N) is 1. The normalized spacial score (nSPS) is 21.9. The van der Waals surface area contributed by atoms with E-state index in [9.17, 15) is 4.79 Å². The molecule has 1 aliphatic heterocycles. The lowest BCUT2D eigenvalue weighted by atomic mass is 9.94. The van der Waals surface area contributed by atoms with Crippen molar-refractivity contribution >= 4 is 5.95 Å². The molecule has 1 atom stereocenters. The molecule has 1 aromatic rings. The Labute approximate surface area is 101 Å². The Morgan fingerprint density at radius 1 is 1.59 bits per heavy atom. The van der Waals surface area contributed by atoms with E-state index in [0.29, 0.717) is 12.0 Å². The van der Waals surface area contributed by atoms with Crippen LogP contribution in [0.15, 0.2) is 10.9 Å². The van der Waals surface area contributed by atoms with Gasteiger partial charge in [-0.3, -0.25) is 9.78 Å². The highest BCUT2D eigenvalue weighted by Gasteiger charge is 2.24. The van der Waals surface area contributed by atoms with Gasteiger partial charge in [-0.05, 0) is 33.2 Å². The van der Waals surface area contributed by atoms with Gasteiger partial charge in [-0.2, -0.15) is 0 Å². The summed E-state index contributed by atoms with van der Waals surface area (Å²) in [6.07, 6.45) is 2.23. The molecule has 1 saturated heterocycles. The smallest absolute Gasteiger partial charge is 0.252 e. The molecule has 17 heavy (non-hydrogen) atoms. The maximum atomic E-state index is 11.4. The van der Waals surface area contributed by atoms with E-state index in [1.807, 2.05) is 0 Å². The van der Waals surface area contributed by atoms with Crippen LogP contribution >= 0.6 is 0 Å². The van der Waals surface area contributed by atoms with Gasteiger partial charge in [0.1, 0.15) is 0 Å². The summed E-state index contributed by atoms with van der Waals surface area (Å²) in [5.74, 6) is 0.546. The van der Waals surface area contributed by atoms with E-state index in [1.54, 1.807) is 6.07 Å². The molecule has 0 radical (unpaired) electrons. The Balaban J connectivity index is 2.18. The second kappa shape index (κ2) is 4.87. The van der Waals surface area contributed by atoms with Crippen LogP contribution in [-0.2, 0) is 0 Å². The van der Waals surface area contributed by atoms with Crippen molar-refractivity contribution in [3.63, 3.8) is 0 Å². The van der Waals surface area contributed by atoms with Gasteiger partial charge in [0.2, 0.25) is 5.95 Å². The van der Waals surface area contributed by atoms with Crippen LogP contribution in [-0.4, -0.2) is 34.0 Å². The lowest BCUT2D eigenvalue weighted by molar-refractivity contribution is 0.166. The van der Waals surface area contributed by atoms with Crippen molar-refractivity contribution in [3.05, 3.63) is 22.1 Å². The summed E-state index contributed by atoms with van der Waals surface area (Å²) in [7, 11) is 0. The van der Waals surface area contributed by atoms with Crippen molar-refractivity contribution in [2.45, 2.75) is 38.6 Å². The summed E-state index contributed by atoms with van der Waals surface area (Å²) in [6.45, 7) is 6.49. The summed E-state index contributed by atoms with van der Waals surface area (Å²) in [5, 5.41) is 0. The fourth-order valence-electron chi connectivity index (χ4n) is 2.42. The summed E-state index contributed by atoms with van der Waals surface area (Å²) in [6, 6.07) is 2.11. The van der Waals surface area contributed by atoms with Gasteiger partial charge in [-0.1, -0.05) is 0 Å². The minimum Gasteiger partial charge on any atom is -0.369 e. The summed E-state index contributed by atoms with van der Waals surface area (Å²) >= 11 is 0. The van der Waals surface area contributed by atoms with Crippen LogP contribution in [0.1, 0.15) is 38.3 Å². The van der Waals surface area contributed by atoms with Gasteiger partial charge in [0.05, 0.1) is 5.69 Å². The van der Waals surface area contributed by atoms with Gasteiger partial charge < -0.3 is 10.6 Å². The van der Waals surface area contributed by atoms with E-state index < -0.39 is 0 Å². The summed E-state index contributed by atoms with van der Waals surface area (Å²) in [4.78, 5) is 20.5. The predicted molar refractivity (Wildman–Crippen MR) is 68.0 cm³/mol. The zero-order valence-electron chi connectivity index (χ0n) is 10.4. The van der Waals surface area contributed by atoms with Crippen LogP contribution in [0.25, 0.3) is 0 Å². The predicted octanol–water partition coefficient (Wildman–Crippen LogP) is 0.940. The molecule has 0 aromatic carbocycles. The van der Waals surface area contributed by atoms with Crippen molar-refractivity contribution in [3.8, 4) is 0 Å². The molecule has 1 aromatic heterocycles. The molecule has 0 unspecified atom stereocenters. The highest BCUT2D eigenvalue weighted by atomic mass is 16.1. The number of H-pyrrole nitrogens is 1. The zero-order chi connectivity index (χ0) is 12.4. The number of piperidine rings is 1. The highest BCUT2D eigenvalue weighted by molar-refractivity contribution is 5.20. The standard InChI is InChI=1S/C12H20N4O/c1-8(2)16-5-3-4-9(7-16)10-6-11(17)15-12(13)14-10/h6,8-9H,3-5,7H2,1-2H3,(H3,13,14,15,17)/t9-/m1/s1. The lowest BCUT2D eigenvalue weighted by Gasteiger charge is -2.35. The van der Waals surface area contributed by atoms with Crippen LogP contribution in [0.4, 0.5) is 5.95 Å². The number of nitrogen functional groups attached to an aromatic ring is 1. The fourth-order valence-corrected chi connectivity index (χ4v) is 2.42. The van der Waals surface area contributed by atoms with Gasteiger partial charge in [0, 0.05) is 24.6 Å². The largest absolute Gasteiger partial charge is 0.369 e. The number of nitrogens with one attached hydrogen (secondary N) is 1. The maximum Gasteiger partial charge on any atom is 0.252 e. The Bertz CT molecular complexity index is 440. The van der Waals surface area contributed by atoms with E-state index >= 15 is 0 Å². The van der Waals surface area contributed by atoms with Crippen LogP contribution in [0, 0.1) is 0 Å². The Kier molecular flexibility index (Phi) is 3.47. The number of aromatic nitrogens is 2. The minimum atomic E-state index is -0.158. The first-order chi connectivity index (χ1) is 8.06. The molecule has 0 amide bonds.